The minimum atomic E-state index is -0.280. The van der Waals surface area contributed by atoms with Crippen LogP contribution in [-0.4, -0.2) is 23.9 Å². The van der Waals surface area contributed by atoms with Crippen LogP contribution in [0.5, 0.6) is 0 Å². The molecule has 1 heterocycles. The van der Waals surface area contributed by atoms with E-state index in [2.05, 4.69) is 30.3 Å². The van der Waals surface area contributed by atoms with Crippen molar-refractivity contribution in [1.29, 1.82) is 0 Å². The van der Waals surface area contributed by atoms with Crippen molar-refractivity contribution in [2.45, 2.75) is 27.2 Å². The molecule has 2 heteroatoms. The Bertz CT molecular complexity index is 454. The molecule has 0 spiro atoms. The standard InChI is InChI=1S/C16H21NO/c1-16(2,3)15(18)17-11-9-14(10-12-17)13-7-5-4-6-8-13/h4-9H,10-12H2,1-3H3. The normalized spacial score (nSPS) is 16.4. The van der Waals surface area contributed by atoms with Crippen molar-refractivity contribution in [3.63, 3.8) is 0 Å². The van der Waals surface area contributed by atoms with Crippen molar-refractivity contribution in [3.05, 3.63) is 42.0 Å². The van der Waals surface area contributed by atoms with Crippen LogP contribution in [0.4, 0.5) is 0 Å². The van der Waals surface area contributed by atoms with Crippen molar-refractivity contribution in [1.82, 2.24) is 4.90 Å². The lowest BCUT2D eigenvalue weighted by atomic mass is 9.92. The SMILES string of the molecule is CC(C)(C)C(=O)N1CC=C(c2ccccc2)CC1. The molecule has 0 saturated heterocycles. The number of benzene rings is 1. The topological polar surface area (TPSA) is 20.3 Å². The molecule has 1 aromatic carbocycles. The van der Waals surface area contributed by atoms with Crippen molar-refractivity contribution in [2.75, 3.05) is 13.1 Å². The van der Waals surface area contributed by atoms with Crippen LogP contribution < -0.4 is 0 Å². The summed E-state index contributed by atoms with van der Waals surface area (Å²) in [6, 6.07) is 10.4. The van der Waals surface area contributed by atoms with Crippen LogP contribution in [0.2, 0.25) is 0 Å². The van der Waals surface area contributed by atoms with E-state index in [4.69, 9.17) is 0 Å². The summed E-state index contributed by atoms with van der Waals surface area (Å²) in [7, 11) is 0. The predicted molar refractivity (Wildman–Crippen MR) is 75.1 cm³/mol. The van der Waals surface area contributed by atoms with Crippen LogP contribution in [0, 0.1) is 5.41 Å². The first-order valence-corrected chi connectivity index (χ1v) is 6.52. The molecule has 0 fully saturated rings. The fourth-order valence-corrected chi connectivity index (χ4v) is 2.24. The van der Waals surface area contributed by atoms with Gasteiger partial charge < -0.3 is 4.90 Å². The molecule has 0 radical (unpaired) electrons. The highest BCUT2D eigenvalue weighted by Gasteiger charge is 2.28. The first-order valence-electron chi connectivity index (χ1n) is 6.52. The van der Waals surface area contributed by atoms with Crippen LogP contribution in [0.15, 0.2) is 36.4 Å². The second-order valence-electron chi connectivity index (χ2n) is 5.85. The Morgan fingerprint density at radius 1 is 1.17 bits per heavy atom. The predicted octanol–water partition coefficient (Wildman–Crippen LogP) is 3.35. The van der Waals surface area contributed by atoms with Gasteiger partial charge in [-0.25, -0.2) is 0 Å². The summed E-state index contributed by atoms with van der Waals surface area (Å²) in [6.07, 6.45) is 3.13. The van der Waals surface area contributed by atoms with Crippen LogP contribution in [-0.2, 0) is 4.79 Å². The molecule has 0 atom stereocenters. The number of nitrogens with zero attached hydrogens (tertiary/aromatic N) is 1. The maximum absolute atomic E-state index is 12.2. The second-order valence-corrected chi connectivity index (χ2v) is 5.85. The molecular weight excluding hydrogens is 222 g/mol. The van der Waals surface area contributed by atoms with Gasteiger partial charge in [-0.05, 0) is 17.6 Å². The van der Waals surface area contributed by atoms with Gasteiger partial charge in [-0.3, -0.25) is 4.79 Å². The Balaban J connectivity index is 2.07. The van der Waals surface area contributed by atoms with Gasteiger partial charge >= 0.3 is 0 Å². The van der Waals surface area contributed by atoms with Crippen molar-refractivity contribution < 1.29 is 4.79 Å². The average Bonchev–Trinajstić information content (AvgIpc) is 2.38. The van der Waals surface area contributed by atoms with Crippen LogP contribution in [0.25, 0.3) is 5.57 Å². The average molecular weight is 243 g/mol. The third-order valence-corrected chi connectivity index (χ3v) is 3.28. The minimum Gasteiger partial charge on any atom is -0.338 e. The minimum absolute atomic E-state index is 0.242. The number of amides is 1. The van der Waals surface area contributed by atoms with Gasteiger partial charge in [-0.15, -0.1) is 0 Å². The largest absolute Gasteiger partial charge is 0.338 e. The Labute approximate surface area is 109 Å². The zero-order valence-electron chi connectivity index (χ0n) is 11.4. The Morgan fingerprint density at radius 2 is 1.83 bits per heavy atom. The van der Waals surface area contributed by atoms with E-state index in [1.807, 2.05) is 31.7 Å². The van der Waals surface area contributed by atoms with Crippen LogP contribution in [0.3, 0.4) is 0 Å². The van der Waals surface area contributed by atoms with E-state index >= 15 is 0 Å². The molecule has 1 aliphatic rings. The van der Waals surface area contributed by atoms with Crippen molar-refractivity contribution in [3.8, 4) is 0 Å². The van der Waals surface area contributed by atoms with E-state index in [0.29, 0.717) is 0 Å². The lowest BCUT2D eigenvalue weighted by molar-refractivity contribution is -0.138. The van der Waals surface area contributed by atoms with Gasteiger partial charge in [-0.2, -0.15) is 0 Å². The van der Waals surface area contributed by atoms with E-state index in [1.165, 1.54) is 11.1 Å². The van der Waals surface area contributed by atoms with Gasteiger partial charge in [0.25, 0.3) is 0 Å². The smallest absolute Gasteiger partial charge is 0.228 e. The first kappa shape index (κ1) is 12.9. The summed E-state index contributed by atoms with van der Waals surface area (Å²) in [6.45, 7) is 7.50. The third-order valence-electron chi connectivity index (χ3n) is 3.28. The molecule has 0 unspecified atom stereocenters. The molecule has 0 N–H and O–H groups in total. The van der Waals surface area contributed by atoms with Gasteiger partial charge in [0.05, 0.1) is 0 Å². The van der Waals surface area contributed by atoms with Gasteiger partial charge in [0, 0.05) is 18.5 Å². The maximum atomic E-state index is 12.2. The molecule has 1 aliphatic heterocycles. The molecule has 1 amide bonds. The van der Waals surface area contributed by atoms with Gasteiger partial charge in [0.15, 0.2) is 0 Å². The summed E-state index contributed by atoms with van der Waals surface area (Å²) in [5.41, 5.74) is 2.35. The molecule has 2 nitrogen and oxygen atoms in total. The van der Waals surface area contributed by atoms with Crippen molar-refractivity contribution >= 4 is 11.5 Å². The van der Waals surface area contributed by atoms with E-state index < -0.39 is 0 Å². The zero-order valence-corrected chi connectivity index (χ0v) is 11.4. The highest BCUT2D eigenvalue weighted by atomic mass is 16.2. The highest BCUT2D eigenvalue weighted by molar-refractivity contribution is 5.82. The highest BCUT2D eigenvalue weighted by Crippen LogP contribution is 2.25. The molecular formula is C16H21NO. The maximum Gasteiger partial charge on any atom is 0.228 e. The molecule has 0 aliphatic carbocycles. The summed E-state index contributed by atoms with van der Waals surface area (Å²) < 4.78 is 0. The molecule has 18 heavy (non-hydrogen) atoms. The second kappa shape index (κ2) is 4.97. The lowest BCUT2D eigenvalue weighted by Crippen LogP contribution is -2.41. The number of hydrogen-bond acceptors (Lipinski definition) is 1. The zero-order chi connectivity index (χ0) is 13.2. The molecule has 1 aromatic rings. The van der Waals surface area contributed by atoms with Gasteiger partial charge in [0.1, 0.15) is 0 Å². The Hall–Kier alpha value is -1.57. The van der Waals surface area contributed by atoms with Crippen LogP contribution >= 0.6 is 0 Å². The fourth-order valence-electron chi connectivity index (χ4n) is 2.24. The molecule has 0 aromatic heterocycles. The quantitative estimate of drug-likeness (QED) is 0.740. The van der Waals surface area contributed by atoms with Crippen LogP contribution in [0.1, 0.15) is 32.8 Å². The fraction of sp³-hybridized carbons (Fsp3) is 0.438. The third kappa shape index (κ3) is 2.81. The number of hydrogen-bond donors (Lipinski definition) is 0. The van der Waals surface area contributed by atoms with Gasteiger partial charge in [-0.1, -0.05) is 57.2 Å². The Morgan fingerprint density at radius 3 is 2.33 bits per heavy atom. The summed E-state index contributed by atoms with van der Waals surface area (Å²) in [5, 5.41) is 0. The van der Waals surface area contributed by atoms with E-state index in [-0.39, 0.29) is 11.3 Å². The molecule has 0 saturated carbocycles. The summed E-state index contributed by atoms with van der Waals surface area (Å²) in [4.78, 5) is 14.1. The molecule has 2 rings (SSSR count). The number of rotatable bonds is 1. The monoisotopic (exact) mass is 243 g/mol. The first-order chi connectivity index (χ1) is 8.48. The number of carbonyl (C=O) groups is 1. The van der Waals surface area contributed by atoms with Crippen molar-refractivity contribution in [2.24, 2.45) is 5.41 Å². The number of carbonyl (C=O) groups excluding carboxylic acids is 1. The lowest BCUT2D eigenvalue weighted by Gasteiger charge is -2.32. The molecule has 96 valence electrons. The molecule has 0 bridgehead atoms. The van der Waals surface area contributed by atoms with E-state index in [9.17, 15) is 4.79 Å². The van der Waals surface area contributed by atoms with Gasteiger partial charge in [0.2, 0.25) is 5.91 Å². The Kier molecular flexibility index (Phi) is 3.55. The van der Waals surface area contributed by atoms with E-state index in [1.54, 1.807) is 0 Å². The summed E-state index contributed by atoms with van der Waals surface area (Å²) in [5.74, 6) is 0.242. The summed E-state index contributed by atoms with van der Waals surface area (Å²) >= 11 is 0. The van der Waals surface area contributed by atoms with E-state index in [0.717, 1.165) is 19.5 Å².